The van der Waals surface area contributed by atoms with E-state index < -0.39 is 21.0 Å². The minimum absolute atomic E-state index is 0.00971. The Balaban J connectivity index is 1.75. The quantitative estimate of drug-likeness (QED) is 0.746. The summed E-state index contributed by atoms with van der Waals surface area (Å²) < 4.78 is 36.3. The Morgan fingerprint density at radius 2 is 2.03 bits per heavy atom. The zero-order valence-corrected chi connectivity index (χ0v) is 17.1. The van der Waals surface area contributed by atoms with Crippen molar-refractivity contribution in [2.45, 2.75) is 30.4 Å². The Morgan fingerprint density at radius 3 is 2.76 bits per heavy atom. The molecule has 154 valence electrons. The largest absolute Gasteiger partial charge is 0.495 e. The number of amides is 2. The van der Waals surface area contributed by atoms with Gasteiger partial charge in [-0.2, -0.15) is 0 Å². The fraction of sp³-hybridized carbons (Fsp3) is 0.300. The number of carbonyl (C=O) groups is 2. The van der Waals surface area contributed by atoms with Gasteiger partial charge in [0, 0.05) is 6.42 Å². The van der Waals surface area contributed by atoms with Crippen molar-refractivity contribution < 1.29 is 27.5 Å². The van der Waals surface area contributed by atoms with Crippen LogP contribution < -0.4 is 20.1 Å². The molecule has 0 unspecified atom stereocenters. The van der Waals surface area contributed by atoms with Gasteiger partial charge in [0.25, 0.3) is 5.91 Å². The van der Waals surface area contributed by atoms with Crippen molar-refractivity contribution in [3.8, 4) is 11.5 Å². The van der Waals surface area contributed by atoms with E-state index in [1.54, 1.807) is 12.1 Å². The Morgan fingerprint density at radius 1 is 1.28 bits per heavy atom. The number of aryl methyl sites for hydroxylation is 1. The number of fused-ring (bicyclic) bond motifs is 1. The molecule has 3 rings (SSSR count). The number of nitrogens with one attached hydrogen (secondary N) is 2. The van der Waals surface area contributed by atoms with Gasteiger partial charge in [0.05, 0.1) is 28.6 Å². The second-order valence-electron chi connectivity index (χ2n) is 6.81. The molecule has 0 radical (unpaired) electrons. The summed E-state index contributed by atoms with van der Waals surface area (Å²) in [4.78, 5) is 23.9. The zero-order valence-electron chi connectivity index (χ0n) is 16.3. The fourth-order valence-electron chi connectivity index (χ4n) is 2.96. The second-order valence-corrected chi connectivity index (χ2v) is 9.17. The Kier molecular flexibility index (Phi) is 5.78. The molecule has 2 aromatic rings. The van der Waals surface area contributed by atoms with Gasteiger partial charge in [-0.05, 0) is 49.7 Å². The van der Waals surface area contributed by atoms with Gasteiger partial charge in [0.15, 0.2) is 16.4 Å². The van der Waals surface area contributed by atoms with E-state index in [1.807, 2.05) is 13.0 Å². The van der Waals surface area contributed by atoms with Crippen molar-refractivity contribution in [3.63, 3.8) is 0 Å². The van der Waals surface area contributed by atoms with E-state index in [0.717, 1.165) is 5.56 Å². The fourth-order valence-corrected chi connectivity index (χ4v) is 4.34. The standard InChI is InChI=1S/C20H22N2O6S/c1-12-4-6-17(27-3)15(8-12)21-19(23)9-13(2)29(25,26)14-5-7-18-16(10-14)22-20(24)11-28-18/h4-8,10,13H,9,11H2,1-3H3,(H,21,23)(H,22,24)/t13-/m1/s1. The van der Waals surface area contributed by atoms with E-state index in [9.17, 15) is 18.0 Å². The molecule has 0 saturated carbocycles. The van der Waals surface area contributed by atoms with Crippen molar-refractivity contribution in [1.82, 2.24) is 0 Å². The molecular formula is C20H22N2O6S. The van der Waals surface area contributed by atoms with Crippen LogP contribution in [0.5, 0.6) is 11.5 Å². The molecular weight excluding hydrogens is 396 g/mol. The molecule has 0 bridgehead atoms. The number of sulfone groups is 1. The van der Waals surface area contributed by atoms with Crippen LogP contribution >= 0.6 is 0 Å². The van der Waals surface area contributed by atoms with E-state index >= 15 is 0 Å². The third kappa shape index (κ3) is 4.51. The maximum Gasteiger partial charge on any atom is 0.262 e. The van der Waals surface area contributed by atoms with Gasteiger partial charge in [-0.25, -0.2) is 8.42 Å². The van der Waals surface area contributed by atoms with Gasteiger partial charge in [0.2, 0.25) is 5.91 Å². The molecule has 1 heterocycles. The minimum Gasteiger partial charge on any atom is -0.495 e. The third-order valence-electron chi connectivity index (χ3n) is 4.54. The van der Waals surface area contributed by atoms with Gasteiger partial charge >= 0.3 is 0 Å². The predicted molar refractivity (Wildman–Crippen MR) is 108 cm³/mol. The average molecular weight is 418 g/mol. The highest BCUT2D eigenvalue weighted by atomic mass is 32.2. The van der Waals surface area contributed by atoms with E-state index in [2.05, 4.69) is 10.6 Å². The van der Waals surface area contributed by atoms with Crippen molar-refractivity contribution in [2.75, 3.05) is 24.4 Å². The molecule has 0 aromatic heterocycles. The van der Waals surface area contributed by atoms with Crippen LogP contribution in [0.4, 0.5) is 11.4 Å². The maximum atomic E-state index is 12.9. The minimum atomic E-state index is -3.80. The number of carbonyl (C=O) groups excluding carboxylic acids is 2. The lowest BCUT2D eigenvalue weighted by atomic mass is 10.2. The number of rotatable bonds is 6. The van der Waals surface area contributed by atoms with Gasteiger partial charge in [-0.1, -0.05) is 6.07 Å². The smallest absolute Gasteiger partial charge is 0.262 e. The zero-order chi connectivity index (χ0) is 21.2. The molecule has 0 fully saturated rings. The first kappa shape index (κ1) is 20.7. The van der Waals surface area contributed by atoms with Gasteiger partial charge in [-0.3, -0.25) is 9.59 Å². The first-order valence-electron chi connectivity index (χ1n) is 8.96. The molecule has 9 heteroatoms. The van der Waals surface area contributed by atoms with Gasteiger partial charge in [0.1, 0.15) is 11.5 Å². The third-order valence-corrected chi connectivity index (χ3v) is 6.68. The molecule has 1 aliphatic rings. The van der Waals surface area contributed by atoms with Crippen LogP contribution in [-0.4, -0.2) is 39.2 Å². The summed E-state index contributed by atoms with van der Waals surface area (Å²) in [5.74, 6) is 0.0940. The summed E-state index contributed by atoms with van der Waals surface area (Å²) >= 11 is 0. The highest BCUT2D eigenvalue weighted by Crippen LogP contribution is 2.32. The number of ether oxygens (including phenoxy) is 2. The second kappa shape index (κ2) is 8.12. The molecule has 8 nitrogen and oxygen atoms in total. The lowest BCUT2D eigenvalue weighted by Gasteiger charge is -2.19. The van der Waals surface area contributed by atoms with E-state index in [4.69, 9.17) is 9.47 Å². The average Bonchev–Trinajstić information content (AvgIpc) is 2.67. The van der Waals surface area contributed by atoms with Crippen molar-refractivity contribution in [1.29, 1.82) is 0 Å². The van der Waals surface area contributed by atoms with E-state index in [-0.39, 0.29) is 23.8 Å². The molecule has 2 N–H and O–H groups in total. The predicted octanol–water partition coefficient (Wildman–Crippen LogP) is 2.53. The summed E-state index contributed by atoms with van der Waals surface area (Å²) in [6.45, 7) is 3.23. The Bertz CT molecular complexity index is 1060. The normalized spacial score (nSPS) is 14.2. The first-order valence-corrected chi connectivity index (χ1v) is 10.5. The molecule has 0 spiro atoms. The lowest BCUT2D eigenvalue weighted by molar-refractivity contribution is -0.118. The summed E-state index contributed by atoms with van der Waals surface area (Å²) in [7, 11) is -2.31. The Labute approximate surface area is 169 Å². The highest BCUT2D eigenvalue weighted by molar-refractivity contribution is 7.92. The summed E-state index contributed by atoms with van der Waals surface area (Å²) in [5, 5.41) is 4.31. The van der Waals surface area contributed by atoms with Crippen LogP contribution in [0.3, 0.4) is 0 Å². The number of anilines is 2. The van der Waals surface area contributed by atoms with E-state index in [0.29, 0.717) is 22.9 Å². The number of methoxy groups -OCH3 is 1. The van der Waals surface area contributed by atoms with Crippen LogP contribution in [0.2, 0.25) is 0 Å². The lowest BCUT2D eigenvalue weighted by Crippen LogP contribution is -2.27. The summed E-state index contributed by atoms with van der Waals surface area (Å²) in [6, 6.07) is 9.58. The molecule has 1 aliphatic heterocycles. The first-order chi connectivity index (χ1) is 13.7. The number of benzene rings is 2. The number of hydrogen-bond acceptors (Lipinski definition) is 6. The van der Waals surface area contributed by atoms with Crippen LogP contribution in [-0.2, 0) is 19.4 Å². The topological polar surface area (TPSA) is 111 Å². The molecule has 0 aliphatic carbocycles. The molecule has 1 atom stereocenters. The maximum absolute atomic E-state index is 12.9. The highest BCUT2D eigenvalue weighted by Gasteiger charge is 2.28. The number of hydrogen-bond donors (Lipinski definition) is 2. The summed E-state index contributed by atoms with van der Waals surface area (Å²) in [6.07, 6.45) is -0.237. The summed E-state index contributed by atoms with van der Waals surface area (Å²) in [5.41, 5.74) is 1.71. The SMILES string of the molecule is COc1ccc(C)cc1NC(=O)C[C@@H](C)S(=O)(=O)c1ccc2c(c1)NC(=O)CO2. The van der Waals surface area contributed by atoms with Gasteiger partial charge in [-0.15, -0.1) is 0 Å². The van der Waals surface area contributed by atoms with Crippen LogP contribution in [0.1, 0.15) is 18.9 Å². The van der Waals surface area contributed by atoms with E-state index in [1.165, 1.54) is 32.2 Å². The van der Waals surface area contributed by atoms with Crippen molar-refractivity contribution in [2.24, 2.45) is 0 Å². The molecule has 2 amide bonds. The van der Waals surface area contributed by atoms with Crippen molar-refractivity contribution >= 4 is 33.0 Å². The molecule has 0 saturated heterocycles. The van der Waals surface area contributed by atoms with Crippen LogP contribution in [0.15, 0.2) is 41.3 Å². The van der Waals surface area contributed by atoms with Crippen LogP contribution in [0, 0.1) is 6.92 Å². The molecule has 29 heavy (non-hydrogen) atoms. The Hall–Kier alpha value is -3.07. The molecule has 2 aromatic carbocycles. The van der Waals surface area contributed by atoms with Crippen LogP contribution in [0.25, 0.3) is 0 Å². The monoisotopic (exact) mass is 418 g/mol. The van der Waals surface area contributed by atoms with Crippen molar-refractivity contribution in [3.05, 3.63) is 42.0 Å². The van der Waals surface area contributed by atoms with Gasteiger partial charge < -0.3 is 20.1 Å².